The topological polar surface area (TPSA) is 56.8 Å². The maximum absolute atomic E-state index is 12.2. The van der Waals surface area contributed by atoms with Crippen molar-refractivity contribution in [3.05, 3.63) is 53.6 Å². The van der Waals surface area contributed by atoms with Crippen molar-refractivity contribution in [3.8, 4) is 17.2 Å². The fourth-order valence-corrected chi connectivity index (χ4v) is 2.33. The molecule has 0 bridgehead atoms. The first-order valence-corrected chi connectivity index (χ1v) is 7.33. The lowest BCUT2D eigenvalue weighted by Gasteiger charge is -2.08. The number of carbonyl (C=O) groups excluding carboxylic acids is 1. The molecule has 1 heterocycles. The Balaban J connectivity index is 1.54. The van der Waals surface area contributed by atoms with Crippen LogP contribution in [0.15, 0.2) is 42.5 Å². The Bertz CT molecular complexity index is 736. The summed E-state index contributed by atoms with van der Waals surface area (Å²) in [4.78, 5) is 12.1. The van der Waals surface area contributed by atoms with Crippen LogP contribution < -0.4 is 19.5 Å². The first kappa shape index (κ1) is 16.0. The van der Waals surface area contributed by atoms with E-state index < -0.39 is 6.61 Å². The molecule has 0 aliphatic carbocycles. The second kappa shape index (κ2) is 7.16. The van der Waals surface area contributed by atoms with Gasteiger partial charge in [-0.2, -0.15) is 8.78 Å². The van der Waals surface area contributed by atoms with E-state index in [2.05, 4.69) is 10.1 Å². The zero-order valence-electron chi connectivity index (χ0n) is 12.6. The molecule has 2 aromatic carbocycles. The number of amides is 1. The van der Waals surface area contributed by atoms with E-state index in [9.17, 15) is 13.6 Å². The normalized spacial score (nSPS) is 12.3. The van der Waals surface area contributed by atoms with Crippen LogP contribution in [0.3, 0.4) is 0 Å². The number of halogens is 2. The van der Waals surface area contributed by atoms with Gasteiger partial charge in [0.05, 0.1) is 0 Å². The van der Waals surface area contributed by atoms with Crippen molar-refractivity contribution in [1.29, 1.82) is 0 Å². The van der Waals surface area contributed by atoms with E-state index >= 15 is 0 Å². The van der Waals surface area contributed by atoms with Crippen LogP contribution in [0.25, 0.3) is 0 Å². The number of carbonyl (C=O) groups is 1. The number of alkyl halides is 2. The van der Waals surface area contributed by atoms with Gasteiger partial charge in [-0.3, -0.25) is 4.79 Å². The molecule has 0 aromatic heterocycles. The van der Waals surface area contributed by atoms with Gasteiger partial charge in [0.15, 0.2) is 11.5 Å². The summed E-state index contributed by atoms with van der Waals surface area (Å²) < 4.78 is 39.2. The molecule has 0 radical (unpaired) electrons. The Morgan fingerprint density at radius 3 is 2.83 bits per heavy atom. The average Bonchev–Trinajstić information content (AvgIpc) is 3.02. The maximum Gasteiger partial charge on any atom is 0.387 e. The monoisotopic (exact) mass is 335 g/mol. The Labute approximate surface area is 137 Å². The number of rotatable bonds is 6. The number of hydrogen-bond donors (Lipinski definition) is 1. The van der Waals surface area contributed by atoms with E-state index in [1.165, 1.54) is 24.3 Å². The number of hydrogen-bond acceptors (Lipinski definition) is 4. The highest BCUT2D eigenvalue weighted by Crippen LogP contribution is 2.32. The maximum atomic E-state index is 12.2. The molecule has 1 aliphatic rings. The summed E-state index contributed by atoms with van der Waals surface area (Å²) in [6, 6.07) is 11.3. The average molecular weight is 335 g/mol. The van der Waals surface area contributed by atoms with Crippen molar-refractivity contribution in [3.63, 3.8) is 0 Å². The van der Waals surface area contributed by atoms with Crippen LogP contribution in [-0.4, -0.2) is 25.9 Å². The molecule has 0 spiro atoms. The summed E-state index contributed by atoms with van der Waals surface area (Å²) in [6.45, 7) is -2.31. The molecular weight excluding hydrogens is 320 g/mol. The Hall–Kier alpha value is -2.83. The van der Waals surface area contributed by atoms with Gasteiger partial charge in [0.1, 0.15) is 5.75 Å². The molecule has 0 saturated heterocycles. The van der Waals surface area contributed by atoms with Crippen LogP contribution in [-0.2, 0) is 6.42 Å². The summed E-state index contributed by atoms with van der Waals surface area (Å²) >= 11 is 0. The molecular formula is C17H15F2NO4. The third-order valence-electron chi connectivity index (χ3n) is 3.46. The van der Waals surface area contributed by atoms with Crippen LogP contribution in [0.5, 0.6) is 17.2 Å². The molecule has 2 aromatic rings. The summed E-state index contributed by atoms with van der Waals surface area (Å²) in [7, 11) is 0. The SMILES string of the molecule is O=C(NCCc1ccc2c(c1)OCO2)c1cccc(OC(F)F)c1. The quantitative estimate of drug-likeness (QED) is 0.882. The van der Waals surface area contributed by atoms with Gasteiger partial charge in [-0.25, -0.2) is 0 Å². The minimum atomic E-state index is -2.92. The highest BCUT2D eigenvalue weighted by molar-refractivity contribution is 5.94. The Kier molecular flexibility index (Phi) is 4.79. The lowest BCUT2D eigenvalue weighted by atomic mass is 10.1. The van der Waals surface area contributed by atoms with Gasteiger partial charge < -0.3 is 19.5 Å². The molecule has 0 atom stereocenters. The van der Waals surface area contributed by atoms with Gasteiger partial charge in [-0.05, 0) is 42.3 Å². The molecule has 1 aliphatic heterocycles. The fourth-order valence-electron chi connectivity index (χ4n) is 2.33. The van der Waals surface area contributed by atoms with E-state index in [1.54, 1.807) is 0 Å². The Morgan fingerprint density at radius 1 is 1.17 bits per heavy atom. The van der Waals surface area contributed by atoms with Crippen molar-refractivity contribution in [1.82, 2.24) is 5.32 Å². The Morgan fingerprint density at radius 2 is 2.00 bits per heavy atom. The van der Waals surface area contributed by atoms with Gasteiger partial charge in [-0.1, -0.05) is 12.1 Å². The third kappa shape index (κ3) is 3.92. The molecule has 0 fully saturated rings. The van der Waals surface area contributed by atoms with E-state index in [0.29, 0.717) is 24.5 Å². The highest BCUT2D eigenvalue weighted by atomic mass is 19.3. The number of ether oxygens (including phenoxy) is 3. The van der Waals surface area contributed by atoms with Crippen LogP contribution in [0.1, 0.15) is 15.9 Å². The minimum absolute atomic E-state index is 0.0478. The molecule has 126 valence electrons. The van der Waals surface area contributed by atoms with E-state index in [4.69, 9.17) is 9.47 Å². The van der Waals surface area contributed by atoms with Crippen LogP contribution >= 0.6 is 0 Å². The van der Waals surface area contributed by atoms with Gasteiger partial charge in [0.2, 0.25) is 6.79 Å². The minimum Gasteiger partial charge on any atom is -0.454 e. The number of nitrogens with one attached hydrogen (secondary N) is 1. The zero-order chi connectivity index (χ0) is 16.9. The molecule has 24 heavy (non-hydrogen) atoms. The van der Waals surface area contributed by atoms with Crippen LogP contribution in [0.4, 0.5) is 8.78 Å². The fraction of sp³-hybridized carbons (Fsp3) is 0.235. The molecule has 0 unspecified atom stereocenters. The highest BCUT2D eigenvalue weighted by Gasteiger charge is 2.13. The van der Waals surface area contributed by atoms with Gasteiger partial charge in [0, 0.05) is 12.1 Å². The van der Waals surface area contributed by atoms with Gasteiger partial charge >= 0.3 is 6.61 Å². The second-order valence-corrected chi connectivity index (χ2v) is 5.10. The van der Waals surface area contributed by atoms with Gasteiger partial charge in [0.25, 0.3) is 5.91 Å². The first-order valence-electron chi connectivity index (χ1n) is 7.33. The molecule has 7 heteroatoms. The van der Waals surface area contributed by atoms with E-state index in [0.717, 1.165) is 5.56 Å². The lowest BCUT2D eigenvalue weighted by molar-refractivity contribution is -0.0498. The molecule has 0 saturated carbocycles. The summed E-state index contributed by atoms with van der Waals surface area (Å²) in [5.41, 5.74) is 1.26. The van der Waals surface area contributed by atoms with Crippen molar-refractivity contribution in [2.24, 2.45) is 0 Å². The van der Waals surface area contributed by atoms with Crippen LogP contribution in [0.2, 0.25) is 0 Å². The molecule has 1 N–H and O–H groups in total. The van der Waals surface area contributed by atoms with Gasteiger partial charge in [-0.15, -0.1) is 0 Å². The van der Waals surface area contributed by atoms with Crippen molar-refractivity contribution >= 4 is 5.91 Å². The third-order valence-corrected chi connectivity index (χ3v) is 3.46. The smallest absolute Gasteiger partial charge is 0.387 e. The predicted octanol–water partition coefficient (Wildman–Crippen LogP) is 2.99. The lowest BCUT2D eigenvalue weighted by Crippen LogP contribution is -2.25. The number of fused-ring (bicyclic) bond motifs is 1. The summed E-state index contributed by atoms with van der Waals surface area (Å²) in [5.74, 6) is 0.998. The standard InChI is InChI=1S/C17H15F2NO4/c18-17(19)24-13-3-1-2-12(9-13)16(21)20-7-6-11-4-5-14-15(8-11)23-10-22-14/h1-5,8-9,17H,6-7,10H2,(H,20,21). The number of benzene rings is 2. The predicted molar refractivity (Wildman–Crippen MR) is 81.7 cm³/mol. The van der Waals surface area contributed by atoms with Crippen LogP contribution in [0, 0.1) is 0 Å². The molecule has 3 rings (SSSR count). The van der Waals surface area contributed by atoms with E-state index in [-0.39, 0.29) is 24.0 Å². The van der Waals surface area contributed by atoms with E-state index in [1.807, 2.05) is 18.2 Å². The first-order chi connectivity index (χ1) is 11.6. The van der Waals surface area contributed by atoms with Crippen molar-refractivity contribution in [2.45, 2.75) is 13.0 Å². The second-order valence-electron chi connectivity index (χ2n) is 5.10. The largest absolute Gasteiger partial charge is 0.454 e. The molecule has 5 nitrogen and oxygen atoms in total. The van der Waals surface area contributed by atoms with Crippen molar-refractivity contribution < 1.29 is 27.8 Å². The molecule has 1 amide bonds. The summed E-state index contributed by atoms with van der Waals surface area (Å²) in [5, 5.41) is 2.74. The van der Waals surface area contributed by atoms with Crippen molar-refractivity contribution in [2.75, 3.05) is 13.3 Å². The zero-order valence-corrected chi connectivity index (χ0v) is 12.6. The summed E-state index contributed by atoms with van der Waals surface area (Å²) in [6.07, 6.45) is 0.607.